The van der Waals surface area contributed by atoms with Crippen molar-refractivity contribution in [1.29, 1.82) is 0 Å². The Morgan fingerprint density at radius 1 is 0.353 bits per heavy atom. The topological polar surface area (TPSA) is 81.4 Å². The van der Waals surface area contributed by atoms with E-state index in [1.54, 1.807) is 0 Å². The van der Waals surface area contributed by atoms with Gasteiger partial charge in [-0.3, -0.25) is 0 Å². The molecule has 9 rings (SSSR count). The van der Waals surface area contributed by atoms with E-state index in [1.165, 1.54) is 0 Å². The van der Waals surface area contributed by atoms with Gasteiger partial charge < -0.3 is 20.6 Å². The molecule has 8 bridgehead atoms. The third-order valence-corrected chi connectivity index (χ3v) is 8.97. The number of aromatic nitrogens is 4. The molecule has 6 nitrogen and oxygen atoms in total. The summed E-state index contributed by atoms with van der Waals surface area (Å²) in [5.41, 5.74) is 15.0. The number of rotatable bonds is 6. The summed E-state index contributed by atoms with van der Waals surface area (Å²) in [5, 5.41) is 7.36. The van der Waals surface area contributed by atoms with Crippen LogP contribution in [0.4, 0.5) is 22.7 Å². The van der Waals surface area contributed by atoms with Crippen LogP contribution in [0.25, 0.3) is 68.6 Å². The van der Waals surface area contributed by atoms with E-state index in [9.17, 15) is 0 Å². The fourth-order valence-electron chi connectivity index (χ4n) is 6.62. The fourth-order valence-corrected chi connectivity index (χ4v) is 6.62. The van der Waals surface area contributed by atoms with Gasteiger partial charge in [0.05, 0.1) is 45.2 Å². The first-order valence-corrected chi connectivity index (χ1v) is 16.7. The first-order chi connectivity index (χ1) is 24.8. The van der Waals surface area contributed by atoms with Gasteiger partial charge in [-0.1, -0.05) is 97.1 Å². The van der Waals surface area contributed by atoms with Crippen molar-refractivity contribution >= 4 is 69.1 Å². The van der Waals surface area contributed by atoms with E-state index in [1.807, 2.05) is 48.5 Å². The zero-order valence-corrected chi connectivity index (χ0v) is 30.7. The number of nitrogens with one attached hydrogen (secondary N) is 4. The van der Waals surface area contributed by atoms with Gasteiger partial charge in [0, 0.05) is 53.0 Å². The number of anilines is 4. The second-order valence-electron chi connectivity index (χ2n) is 12.2. The van der Waals surface area contributed by atoms with Gasteiger partial charge in [-0.05, 0) is 84.0 Å². The summed E-state index contributed by atoms with van der Waals surface area (Å²) >= 11 is 0. The zero-order chi connectivity index (χ0) is 33.3. The van der Waals surface area contributed by atoms with Crippen LogP contribution in [0.3, 0.4) is 0 Å². The third-order valence-electron chi connectivity index (χ3n) is 8.97. The van der Waals surface area contributed by atoms with Crippen LogP contribution in [0, 0.1) is 0 Å². The number of hydrogen-bond acceptors (Lipinski definition) is 4. The van der Waals surface area contributed by atoms with Crippen molar-refractivity contribution in [2.24, 2.45) is 0 Å². The summed E-state index contributed by atoms with van der Waals surface area (Å²) in [4.78, 5) is 18.1. The van der Waals surface area contributed by atoms with Gasteiger partial charge in [0.25, 0.3) is 0 Å². The predicted molar refractivity (Wildman–Crippen MR) is 209 cm³/mol. The van der Waals surface area contributed by atoms with Gasteiger partial charge in [-0.25, -0.2) is 9.97 Å². The quantitative estimate of drug-likeness (QED) is 0.130. The van der Waals surface area contributed by atoms with Gasteiger partial charge in [0.2, 0.25) is 0 Å². The molecule has 0 saturated heterocycles. The minimum Gasteiger partial charge on any atom is -0.353 e. The molecule has 0 radical (unpaired) electrons. The monoisotopic (exact) mass is 708 g/mol. The fraction of sp³-hybridized carbons (Fsp3) is 0. The van der Waals surface area contributed by atoms with Crippen molar-refractivity contribution in [1.82, 2.24) is 19.9 Å². The predicted octanol–water partition coefficient (Wildman–Crippen LogP) is 11.5. The molecular weight excluding hydrogens is 678 g/mol. The molecule has 4 N–H and O–H groups in total. The molecule has 3 aromatic heterocycles. The molecule has 0 fully saturated rings. The average molecular weight is 710 g/mol. The SMILES string of the molecule is C1=Cc2nc1c(Nc1ccccc1)c1ccc([nH]1)c(-c1ccccc1)c1nc(c(Nc3ccccc3)c3ccc([nH]3)c2-c2ccccc2)C=C1.[Zn]. The van der Waals surface area contributed by atoms with Crippen molar-refractivity contribution in [3.8, 4) is 22.3 Å². The summed E-state index contributed by atoms with van der Waals surface area (Å²) in [6.45, 7) is 0. The molecular formula is C44H32N6Zn. The smallest absolute Gasteiger partial charge is 0.0894 e. The van der Waals surface area contributed by atoms with Crippen LogP contribution in [-0.4, -0.2) is 19.9 Å². The Balaban J connectivity index is 0.00000374. The molecule has 51 heavy (non-hydrogen) atoms. The van der Waals surface area contributed by atoms with Gasteiger partial charge in [-0.2, -0.15) is 0 Å². The molecule has 7 aromatic rings. The summed E-state index contributed by atoms with van der Waals surface area (Å²) in [5.74, 6) is 0. The van der Waals surface area contributed by atoms with Gasteiger partial charge in [-0.15, -0.1) is 0 Å². The Bertz CT molecular complexity index is 2390. The normalized spacial score (nSPS) is 11.6. The summed E-state index contributed by atoms with van der Waals surface area (Å²) in [7, 11) is 0. The summed E-state index contributed by atoms with van der Waals surface area (Å²) < 4.78 is 0. The first-order valence-electron chi connectivity index (χ1n) is 16.7. The van der Waals surface area contributed by atoms with E-state index >= 15 is 0 Å². The summed E-state index contributed by atoms with van der Waals surface area (Å²) in [6, 6.07) is 49.8. The second-order valence-corrected chi connectivity index (χ2v) is 12.2. The van der Waals surface area contributed by atoms with E-state index in [2.05, 4.69) is 142 Å². The van der Waals surface area contributed by atoms with Crippen molar-refractivity contribution in [2.45, 2.75) is 0 Å². The largest absolute Gasteiger partial charge is 0.353 e. The molecule has 0 atom stereocenters. The van der Waals surface area contributed by atoms with Gasteiger partial charge >= 0.3 is 0 Å². The van der Waals surface area contributed by atoms with Crippen LogP contribution >= 0.6 is 0 Å². The standard InChI is InChI=1S/C44H32N6.Zn/c1-5-13-29(14-6-1)41-33-21-25-37(47-33)43(45-31-17-9-3-10-18-31)39-27-23-35(49-39)42(30-15-7-2-8-16-30)36-24-28-40(50-36)44(38-26-22-34(41)48-38)46-32-19-11-4-12-20-32;/h1-28,45-47,50H;. The van der Waals surface area contributed by atoms with Crippen molar-refractivity contribution in [3.05, 3.63) is 168 Å². The van der Waals surface area contributed by atoms with Crippen molar-refractivity contribution in [3.63, 3.8) is 0 Å². The molecule has 2 aliphatic rings. The Morgan fingerprint density at radius 2 is 0.686 bits per heavy atom. The number of para-hydroxylation sites is 2. The van der Waals surface area contributed by atoms with Crippen LogP contribution in [0.15, 0.2) is 146 Å². The van der Waals surface area contributed by atoms with E-state index in [-0.39, 0.29) is 19.5 Å². The second kappa shape index (κ2) is 13.9. The van der Waals surface area contributed by atoms with Crippen LogP contribution in [0.1, 0.15) is 22.8 Å². The molecule has 0 saturated carbocycles. The maximum atomic E-state index is 5.30. The first kappa shape index (κ1) is 31.9. The van der Waals surface area contributed by atoms with Crippen molar-refractivity contribution < 1.29 is 19.5 Å². The maximum Gasteiger partial charge on any atom is 0.0894 e. The number of hydrogen-bond donors (Lipinski definition) is 4. The molecule has 2 aliphatic heterocycles. The maximum absolute atomic E-state index is 5.30. The molecule has 0 aliphatic carbocycles. The van der Waals surface area contributed by atoms with Gasteiger partial charge in [0.1, 0.15) is 0 Å². The summed E-state index contributed by atoms with van der Waals surface area (Å²) in [6.07, 6.45) is 8.39. The minimum absolute atomic E-state index is 0. The van der Waals surface area contributed by atoms with Crippen LogP contribution in [-0.2, 0) is 19.5 Å². The number of H-pyrrole nitrogens is 2. The number of nitrogens with zero attached hydrogens (tertiary/aromatic N) is 2. The Morgan fingerprint density at radius 3 is 1.08 bits per heavy atom. The van der Waals surface area contributed by atoms with Crippen LogP contribution in [0.2, 0.25) is 0 Å². The minimum atomic E-state index is 0. The van der Waals surface area contributed by atoms with Crippen molar-refractivity contribution in [2.75, 3.05) is 10.6 Å². The molecule has 0 spiro atoms. The van der Waals surface area contributed by atoms with Crippen LogP contribution < -0.4 is 10.6 Å². The molecule has 7 heteroatoms. The zero-order valence-electron chi connectivity index (χ0n) is 27.8. The Hall–Kier alpha value is -6.30. The van der Waals surface area contributed by atoms with Crippen LogP contribution in [0.5, 0.6) is 0 Å². The Labute approximate surface area is 308 Å². The molecule has 5 heterocycles. The third kappa shape index (κ3) is 6.32. The number of fused-ring (bicyclic) bond motifs is 8. The average Bonchev–Trinajstić information content (AvgIpc) is 4.01. The van der Waals surface area contributed by atoms with E-state index in [4.69, 9.17) is 9.97 Å². The number of benzene rings is 4. The Kier molecular flexibility index (Phi) is 8.71. The molecule has 240 valence electrons. The van der Waals surface area contributed by atoms with E-state index in [0.717, 1.165) is 89.8 Å². The van der Waals surface area contributed by atoms with E-state index in [0.29, 0.717) is 0 Å². The molecule has 4 aromatic carbocycles. The van der Waals surface area contributed by atoms with E-state index < -0.39 is 0 Å². The molecule has 0 unspecified atom stereocenters. The number of aromatic amines is 2. The molecule has 0 amide bonds. The van der Waals surface area contributed by atoms with Gasteiger partial charge in [0.15, 0.2) is 0 Å².